The second kappa shape index (κ2) is 6.10. The van der Waals surface area contributed by atoms with Crippen LogP contribution in [0, 0.1) is 11.7 Å². The van der Waals surface area contributed by atoms with E-state index < -0.39 is 0 Å². The SMILES string of the molecule is OCC1CCN(Cc2c(F)cccc2N2CCCC2)C1. The lowest BCUT2D eigenvalue weighted by Gasteiger charge is -2.24. The summed E-state index contributed by atoms with van der Waals surface area (Å²) < 4.78 is 14.2. The molecule has 0 amide bonds. The molecule has 2 fully saturated rings. The van der Waals surface area contributed by atoms with Crippen LogP contribution in [0.3, 0.4) is 0 Å². The molecule has 1 aromatic carbocycles. The van der Waals surface area contributed by atoms with Gasteiger partial charge in [0.1, 0.15) is 5.82 Å². The Hall–Kier alpha value is -1.13. The maximum atomic E-state index is 14.2. The van der Waals surface area contributed by atoms with Crippen molar-refractivity contribution in [2.24, 2.45) is 5.92 Å². The normalized spacial score (nSPS) is 23.7. The molecule has 1 N–H and O–H groups in total. The second-order valence-corrected chi connectivity index (χ2v) is 6.00. The predicted molar refractivity (Wildman–Crippen MR) is 78.3 cm³/mol. The summed E-state index contributed by atoms with van der Waals surface area (Å²) in [6.07, 6.45) is 3.42. The topological polar surface area (TPSA) is 26.7 Å². The van der Waals surface area contributed by atoms with Crippen molar-refractivity contribution >= 4 is 5.69 Å². The average molecular weight is 278 g/mol. The third-order valence-corrected chi connectivity index (χ3v) is 4.55. The molecule has 1 atom stereocenters. The highest BCUT2D eigenvalue weighted by Crippen LogP contribution is 2.29. The van der Waals surface area contributed by atoms with Crippen molar-refractivity contribution < 1.29 is 9.50 Å². The first kappa shape index (κ1) is 13.8. The van der Waals surface area contributed by atoms with Crippen LogP contribution in [0.5, 0.6) is 0 Å². The molecule has 2 aliphatic rings. The van der Waals surface area contributed by atoms with E-state index in [1.54, 1.807) is 6.07 Å². The zero-order chi connectivity index (χ0) is 13.9. The van der Waals surface area contributed by atoms with E-state index in [1.165, 1.54) is 12.8 Å². The first-order valence-electron chi connectivity index (χ1n) is 7.63. The van der Waals surface area contributed by atoms with Gasteiger partial charge in [0.05, 0.1) is 0 Å². The van der Waals surface area contributed by atoms with Gasteiger partial charge in [0, 0.05) is 44.0 Å². The summed E-state index contributed by atoms with van der Waals surface area (Å²) in [5.74, 6) is 0.263. The van der Waals surface area contributed by atoms with Gasteiger partial charge < -0.3 is 10.0 Å². The molecular weight excluding hydrogens is 255 g/mol. The number of halogens is 1. The highest BCUT2D eigenvalue weighted by Gasteiger charge is 2.25. The number of rotatable bonds is 4. The maximum absolute atomic E-state index is 14.2. The molecule has 4 heteroatoms. The van der Waals surface area contributed by atoms with Crippen molar-refractivity contribution in [2.75, 3.05) is 37.7 Å². The monoisotopic (exact) mass is 278 g/mol. The van der Waals surface area contributed by atoms with E-state index in [9.17, 15) is 9.50 Å². The van der Waals surface area contributed by atoms with Gasteiger partial charge in [-0.05, 0) is 43.9 Å². The van der Waals surface area contributed by atoms with Crippen LogP contribution in [-0.2, 0) is 6.54 Å². The van der Waals surface area contributed by atoms with Gasteiger partial charge in [0.2, 0.25) is 0 Å². The Bertz CT molecular complexity index is 460. The van der Waals surface area contributed by atoms with E-state index in [0.717, 1.165) is 43.9 Å². The summed E-state index contributed by atoms with van der Waals surface area (Å²) in [5, 5.41) is 9.22. The molecule has 20 heavy (non-hydrogen) atoms. The fourth-order valence-electron chi connectivity index (χ4n) is 3.39. The molecule has 2 heterocycles. The van der Waals surface area contributed by atoms with E-state index in [-0.39, 0.29) is 12.4 Å². The smallest absolute Gasteiger partial charge is 0.129 e. The molecule has 1 unspecified atom stereocenters. The van der Waals surface area contributed by atoms with Gasteiger partial charge in [-0.25, -0.2) is 4.39 Å². The predicted octanol–water partition coefficient (Wildman–Crippen LogP) is 2.24. The first-order valence-corrected chi connectivity index (χ1v) is 7.63. The third-order valence-electron chi connectivity index (χ3n) is 4.55. The van der Waals surface area contributed by atoms with Crippen molar-refractivity contribution in [3.63, 3.8) is 0 Å². The largest absolute Gasteiger partial charge is 0.396 e. The summed E-state index contributed by atoms with van der Waals surface area (Å²) in [5.41, 5.74) is 1.89. The standard InChI is InChI=1S/C16H23FN2O/c17-15-4-3-5-16(19-7-1-2-8-19)14(15)11-18-9-6-13(10-18)12-20/h3-5,13,20H,1-2,6-12H2. The molecule has 3 rings (SSSR count). The van der Waals surface area contributed by atoms with Crippen LogP contribution in [-0.4, -0.2) is 42.8 Å². The van der Waals surface area contributed by atoms with Crippen molar-refractivity contribution in [3.8, 4) is 0 Å². The van der Waals surface area contributed by atoms with E-state index in [1.807, 2.05) is 12.1 Å². The summed E-state index contributed by atoms with van der Waals surface area (Å²) in [6, 6.07) is 5.42. The lowest BCUT2D eigenvalue weighted by atomic mass is 10.1. The van der Waals surface area contributed by atoms with E-state index >= 15 is 0 Å². The Labute approximate surface area is 120 Å². The van der Waals surface area contributed by atoms with Gasteiger partial charge in [-0.2, -0.15) is 0 Å². The Balaban J connectivity index is 1.77. The molecule has 0 spiro atoms. The van der Waals surface area contributed by atoms with Gasteiger partial charge in [-0.3, -0.25) is 4.90 Å². The minimum atomic E-state index is -0.0955. The summed E-state index contributed by atoms with van der Waals surface area (Å²) in [6.45, 7) is 4.82. The number of hydrogen-bond acceptors (Lipinski definition) is 3. The molecule has 0 aliphatic carbocycles. The van der Waals surface area contributed by atoms with Gasteiger partial charge >= 0.3 is 0 Å². The molecular formula is C16H23FN2O. The van der Waals surface area contributed by atoms with Crippen LogP contribution >= 0.6 is 0 Å². The Morgan fingerprint density at radius 1 is 1.20 bits per heavy atom. The van der Waals surface area contributed by atoms with Crippen molar-refractivity contribution in [3.05, 3.63) is 29.6 Å². The number of aliphatic hydroxyl groups excluding tert-OH is 1. The minimum absolute atomic E-state index is 0.0955. The number of aliphatic hydroxyl groups is 1. The molecule has 3 nitrogen and oxygen atoms in total. The van der Waals surface area contributed by atoms with E-state index in [0.29, 0.717) is 12.5 Å². The Morgan fingerprint density at radius 2 is 2.00 bits per heavy atom. The van der Waals surface area contributed by atoms with Gasteiger partial charge in [-0.1, -0.05) is 6.07 Å². The first-order chi connectivity index (χ1) is 9.78. The van der Waals surface area contributed by atoms with Crippen molar-refractivity contribution in [2.45, 2.75) is 25.8 Å². The molecule has 0 bridgehead atoms. The minimum Gasteiger partial charge on any atom is -0.396 e. The number of likely N-dealkylation sites (tertiary alicyclic amines) is 1. The van der Waals surface area contributed by atoms with E-state index in [4.69, 9.17) is 0 Å². The number of anilines is 1. The molecule has 2 aliphatic heterocycles. The number of hydrogen-bond donors (Lipinski definition) is 1. The zero-order valence-corrected chi connectivity index (χ0v) is 11.9. The molecule has 110 valence electrons. The number of benzene rings is 1. The highest BCUT2D eigenvalue weighted by atomic mass is 19.1. The highest BCUT2D eigenvalue weighted by molar-refractivity contribution is 5.54. The molecule has 1 aromatic rings. The van der Waals surface area contributed by atoms with Crippen LogP contribution in [0.2, 0.25) is 0 Å². The lowest BCUT2D eigenvalue weighted by molar-refractivity contribution is 0.219. The molecule has 0 radical (unpaired) electrons. The molecule has 0 aromatic heterocycles. The molecule has 2 saturated heterocycles. The van der Waals surface area contributed by atoms with Gasteiger partial charge in [-0.15, -0.1) is 0 Å². The lowest BCUT2D eigenvalue weighted by Crippen LogP contribution is -2.25. The van der Waals surface area contributed by atoms with Gasteiger partial charge in [0.25, 0.3) is 0 Å². The van der Waals surface area contributed by atoms with Crippen LogP contribution in [0.1, 0.15) is 24.8 Å². The summed E-state index contributed by atoms with van der Waals surface area (Å²) >= 11 is 0. The molecule has 0 saturated carbocycles. The quantitative estimate of drug-likeness (QED) is 0.915. The summed E-state index contributed by atoms with van der Waals surface area (Å²) in [7, 11) is 0. The Morgan fingerprint density at radius 3 is 2.70 bits per heavy atom. The fourth-order valence-corrected chi connectivity index (χ4v) is 3.39. The zero-order valence-electron chi connectivity index (χ0n) is 11.9. The van der Waals surface area contributed by atoms with Crippen LogP contribution in [0.25, 0.3) is 0 Å². The second-order valence-electron chi connectivity index (χ2n) is 6.00. The fraction of sp³-hybridized carbons (Fsp3) is 0.625. The Kier molecular flexibility index (Phi) is 4.22. The average Bonchev–Trinajstić information content (AvgIpc) is 3.12. The van der Waals surface area contributed by atoms with Crippen molar-refractivity contribution in [1.29, 1.82) is 0 Å². The van der Waals surface area contributed by atoms with E-state index in [2.05, 4.69) is 9.80 Å². The van der Waals surface area contributed by atoms with Crippen LogP contribution < -0.4 is 4.90 Å². The van der Waals surface area contributed by atoms with Crippen LogP contribution in [0.4, 0.5) is 10.1 Å². The van der Waals surface area contributed by atoms with Crippen LogP contribution in [0.15, 0.2) is 18.2 Å². The summed E-state index contributed by atoms with van der Waals surface area (Å²) in [4.78, 5) is 4.57. The third kappa shape index (κ3) is 2.81. The number of nitrogens with zero attached hydrogens (tertiary/aromatic N) is 2. The maximum Gasteiger partial charge on any atom is 0.129 e. The van der Waals surface area contributed by atoms with Crippen molar-refractivity contribution in [1.82, 2.24) is 4.90 Å². The van der Waals surface area contributed by atoms with Gasteiger partial charge in [0.15, 0.2) is 0 Å².